The average molecular weight is 501 g/mol. The lowest BCUT2D eigenvalue weighted by molar-refractivity contribution is 0.101. The van der Waals surface area contributed by atoms with Crippen LogP contribution in [0.15, 0.2) is 35.5 Å². The van der Waals surface area contributed by atoms with E-state index < -0.39 is 38.1 Å². The van der Waals surface area contributed by atoms with E-state index in [0.29, 0.717) is 19.3 Å². The zero-order valence-electron chi connectivity index (χ0n) is 17.8. The molecule has 178 valence electrons. The zero-order valence-corrected chi connectivity index (χ0v) is 19.4. The number of nitrogens with one attached hydrogen (secondary N) is 1. The number of amidine groups is 1. The first-order valence-electron chi connectivity index (χ1n) is 10.0. The molecule has 1 aliphatic carbocycles. The highest BCUT2D eigenvalue weighted by molar-refractivity contribution is 8.26. The Balaban J connectivity index is 1.72. The normalized spacial score (nSPS) is 26.2. The van der Waals surface area contributed by atoms with Crippen LogP contribution in [0.25, 0.3) is 0 Å². The Kier molecular flexibility index (Phi) is 5.80. The Bertz CT molecular complexity index is 1160. The van der Waals surface area contributed by atoms with Crippen molar-refractivity contribution in [3.63, 3.8) is 0 Å². The molecule has 1 fully saturated rings. The first kappa shape index (κ1) is 23.7. The quantitative estimate of drug-likeness (QED) is 0.482. The van der Waals surface area contributed by atoms with Gasteiger partial charge in [0, 0.05) is 23.5 Å². The van der Waals surface area contributed by atoms with Gasteiger partial charge in [0.05, 0.1) is 12.1 Å². The molecule has 1 saturated carbocycles. The maximum Gasteiger partial charge on any atom is 0.278 e. The van der Waals surface area contributed by atoms with Gasteiger partial charge in [-0.3, -0.25) is 18.9 Å². The number of nitrogens with two attached hydrogens (primary N) is 1. The first-order chi connectivity index (χ1) is 15.5. The van der Waals surface area contributed by atoms with E-state index in [1.807, 2.05) is 0 Å². The molecule has 2 aliphatic rings. The number of alkyl halides is 1. The molecule has 1 aromatic carbocycles. The molecule has 8 nitrogen and oxygen atoms in total. The van der Waals surface area contributed by atoms with Gasteiger partial charge in [-0.05, 0) is 44.4 Å². The fraction of sp³-hybridized carbons (Fsp3) is 0.381. The molecule has 2 aromatic rings. The summed E-state index contributed by atoms with van der Waals surface area (Å²) >= 11 is 5.87. The van der Waals surface area contributed by atoms with Crippen molar-refractivity contribution in [1.29, 1.82) is 0 Å². The molecular weight excluding hydrogens is 478 g/mol. The Morgan fingerprint density at radius 2 is 2.06 bits per heavy atom. The fourth-order valence-electron chi connectivity index (χ4n) is 4.24. The van der Waals surface area contributed by atoms with Gasteiger partial charge in [0.2, 0.25) is 5.50 Å². The number of halogens is 3. The summed E-state index contributed by atoms with van der Waals surface area (Å²) in [5.41, 5.74) is 1.54. The number of amides is 1. The Labute approximate surface area is 195 Å². The van der Waals surface area contributed by atoms with Crippen molar-refractivity contribution in [2.75, 3.05) is 12.4 Å². The van der Waals surface area contributed by atoms with E-state index in [9.17, 15) is 18.3 Å². The summed E-state index contributed by atoms with van der Waals surface area (Å²) in [5.74, 6) is -1.49. The summed E-state index contributed by atoms with van der Waals surface area (Å²) in [6, 6.07) is 4.90. The van der Waals surface area contributed by atoms with Crippen LogP contribution in [0.3, 0.4) is 0 Å². The van der Waals surface area contributed by atoms with Crippen LogP contribution in [0.2, 0.25) is 5.02 Å². The van der Waals surface area contributed by atoms with Crippen molar-refractivity contribution in [3.8, 4) is 5.75 Å². The lowest BCUT2D eigenvalue weighted by Crippen LogP contribution is -2.61. The zero-order chi connectivity index (χ0) is 24.2. The number of hydrogen-bond acceptors (Lipinski definition) is 7. The smallest absolute Gasteiger partial charge is 0.278 e. The predicted octanol–water partition coefficient (Wildman–Crippen LogP) is 4.69. The van der Waals surface area contributed by atoms with Crippen molar-refractivity contribution >= 4 is 39.6 Å². The molecule has 12 heteroatoms. The van der Waals surface area contributed by atoms with E-state index in [1.54, 1.807) is 0 Å². The first-order valence-corrected chi connectivity index (χ1v) is 12.0. The third kappa shape index (κ3) is 3.54. The van der Waals surface area contributed by atoms with Crippen LogP contribution in [0.5, 0.6) is 5.75 Å². The maximum atomic E-state index is 15.6. The number of aliphatic imine (C=N–C) groups is 1. The van der Waals surface area contributed by atoms with Crippen molar-refractivity contribution in [2.45, 2.75) is 42.0 Å². The molecule has 1 amide bonds. The van der Waals surface area contributed by atoms with Gasteiger partial charge < -0.3 is 15.8 Å². The number of anilines is 1. The fourth-order valence-corrected chi connectivity index (χ4v) is 6.85. The minimum atomic E-state index is -3.89. The lowest BCUT2D eigenvalue weighted by Gasteiger charge is -2.61. The van der Waals surface area contributed by atoms with Crippen molar-refractivity contribution in [1.82, 2.24) is 4.98 Å². The number of methoxy groups -OCH3 is 1. The molecule has 0 unspecified atom stereocenters. The topological polar surface area (TPSA) is 130 Å². The Hall–Kier alpha value is -2.47. The summed E-state index contributed by atoms with van der Waals surface area (Å²) in [6.07, 6.45) is 2.53. The SMILES string of the molecule is COc1cc(Cl)cnc1C(=O)Nc1ccc(F)c([C@@]2(C)N=C(N)C3(CCC3)S(O)(O)[C@@H]2F)c1. The number of benzene rings is 1. The molecule has 1 spiro atoms. The second-order valence-corrected chi connectivity index (χ2v) is 11.1. The maximum absolute atomic E-state index is 15.6. The number of nitrogens with zero attached hydrogens (tertiary/aromatic N) is 2. The molecular formula is C21H23ClF2N4O4S. The minimum absolute atomic E-state index is 0.0663. The highest BCUT2D eigenvalue weighted by Crippen LogP contribution is 2.70. The van der Waals surface area contributed by atoms with Gasteiger partial charge in [-0.25, -0.2) is 13.8 Å². The largest absolute Gasteiger partial charge is 0.494 e. The second-order valence-electron chi connectivity index (χ2n) is 8.25. The number of ether oxygens (including phenoxy) is 1. The van der Waals surface area contributed by atoms with E-state index >= 15 is 4.39 Å². The Morgan fingerprint density at radius 1 is 1.36 bits per heavy atom. The molecule has 5 N–H and O–H groups in total. The number of aromatic nitrogens is 1. The summed E-state index contributed by atoms with van der Waals surface area (Å²) in [6.45, 7) is 1.25. The van der Waals surface area contributed by atoms with Crippen LogP contribution in [0.1, 0.15) is 42.2 Å². The number of carbonyl (C=O) groups excluding carboxylic acids is 1. The molecule has 0 bridgehead atoms. The van der Waals surface area contributed by atoms with Gasteiger partial charge in [0.1, 0.15) is 21.9 Å². The van der Waals surface area contributed by atoms with Gasteiger partial charge in [-0.1, -0.05) is 11.6 Å². The molecule has 4 rings (SSSR count). The van der Waals surface area contributed by atoms with Crippen LogP contribution in [-0.4, -0.2) is 43.2 Å². The standard InChI is InChI=1S/C21H23ClF2N4O4S/c1-20(18(24)33(30,31)21(6-3-7-21)19(25)28-20)13-9-12(4-5-14(13)23)27-17(29)16-15(32-2)8-11(22)10-26-16/h4-5,8-10,18,30-31H,3,6-7H2,1-2H3,(H2,25,28)(H,27,29)/t18-,20+/m0/s1. The molecule has 2 atom stereocenters. The van der Waals surface area contributed by atoms with E-state index in [0.717, 1.165) is 6.07 Å². The molecule has 0 saturated heterocycles. The predicted molar refractivity (Wildman–Crippen MR) is 123 cm³/mol. The lowest BCUT2D eigenvalue weighted by atomic mass is 9.82. The summed E-state index contributed by atoms with van der Waals surface area (Å²) in [5, 5.41) is 2.82. The van der Waals surface area contributed by atoms with Crippen LogP contribution >= 0.6 is 22.2 Å². The molecule has 1 aromatic heterocycles. The van der Waals surface area contributed by atoms with Crippen LogP contribution in [0, 0.1) is 5.82 Å². The summed E-state index contributed by atoms with van der Waals surface area (Å²) in [7, 11) is -2.55. The summed E-state index contributed by atoms with van der Waals surface area (Å²) < 4.78 is 55.9. The van der Waals surface area contributed by atoms with Crippen molar-refractivity contribution in [2.24, 2.45) is 10.7 Å². The number of carbonyl (C=O) groups is 1. The van der Waals surface area contributed by atoms with Crippen molar-refractivity contribution in [3.05, 3.63) is 52.6 Å². The van der Waals surface area contributed by atoms with Crippen LogP contribution in [0.4, 0.5) is 14.5 Å². The number of hydrogen-bond donors (Lipinski definition) is 4. The van der Waals surface area contributed by atoms with E-state index in [4.69, 9.17) is 22.1 Å². The molecule has 33 heavy (non-hydrogen) atoms. The van der Waals surface area contributed by atoms with E-state index in [-0.39, 0.29) is 33.6 Å². The second kappa shape index (κ2) is 8.08. The molecule has 0 radical (unpaired) electrons. The number of rotatable bonds is 4. The van der Waals surface area contributed by atoms with Gasteiger partial charge in [-0.15, -0.1) is 10.6 Å². The summed E-state index contributed by atoms with van der Waals surface area (Å²) in [4.78, 5) is 20.9. The van der Waals surface area contributed by atoms with Crippen LogP contribution in [-0.2, 0) is 5.54 Å². The third-order valence-corrected chi connectivity index (χ3v) is 9.32. The average Bonchev–Trinajstić information content (AvgIpc) is 2.72. The minimum Gasteiger partial charge on any atom is -0.494 e. The highest BCUT2D eigenvalue weighted by Gasteiger charge is 2.63. The third-order valence-electron chi connectivity index (χ3n) is 6.31. The van der Waals surface area contributed by atoms with E-state index in [1.165, 1.54) is 38.4 Å². The van der Waals surface area contributed by atoms with Gasteiger partial charge >= 0.3 is 0 Å². The van der Waals surface area contributed by atoms with Crippen molar-refractivity contribution < 1.29 is 27.4 Å². The number of pyridine rings is 1. The highest BCUT2D eigenvalue weighted by atomic mass is 35.5. The monoisotopic (exact) mass is 500 g/mol. The molecule has 1 aliphatic heterocycles. The molecule has 2 heterocycles. The van der Waals surface area contributed by atoms with Gasteiger partial charge in [-0.2, -0.15) is 0 Å². The van der Waals surface area contributed by atoms with Crippen LogP contribution < -0.4 is 15.8 Å². The van der Waals surface area contributed by atoms with E-state index in [2.05, 4.69) is 15.3 Å². The Morgan fingerprint density at radius 3 is 2.67 bits per heavy atom. The van der Waals surface area contributed by atoms with Gasteiger partial charge in [0.25, 0.3) is 5.91 Å². The van der Waals surface area contributed by atoms with Gasteiger partial charge in [0.15, 0.2) is 11.4 Å².